The van der Waals surface area contributed by atoms with Gasteiger partial charge in [-0.1, -0.05) is 17.7 Å². The van der Waals surface area contributed by atoms with Crippen molar-refractivity contribution in [3.8, 4) is 0 Å². The highest BCUT2D eigenvalue weighted by Crippen LogP contribution is 2.06. The molecule has 3 aromatic rings. The van der Waals surface area contributed by atoms with E-state index in [9.17, 15) is 14.4 Å². The molecule has 0 saturated carbocycles. The predicted octanol–water partition coefficient (Wildman–Crippen LogP) is 1.38. The third-order valence-electron chi connectivity index (χ3n) is 3.58. The van der Waals surface area contributed by atoms with Crippen LogP contribution in [0.25, 0.3) is 5.65 Å². The van der Waals surface area contributed by atoms with Crippen LogP contribution < -0.4 is 10.9 Å². The first kappa shape index (κ1) is 17.4. The van der Waals surface area contributed by atoms with E-state index in [2.05, 4.69) is 10.3 Å². The van der Waals surface area contributed by atoms with Crippen molar-refractivity contribution < 1.29 is 18.8 Å². The van der Waals surface area contributed by atoms with Crippen LogP contribution >= 0.6 is 0 Å². The third kappa shape index (κ3) is 3.97. The van der Waals surface area contributed by atoms with E-state index in [4.69, 9.17) is 9.26 Å². The van der Waals surface area contributed by atoms with Crippen LogP contribution in [0.5, 0.6) is 0 Å². The topological polar surface area (TPSA) is 103 Å². The van der Waals surface area contributed by atoms with E-state index in [1.54, 1.807) is 31.2 Å². The second kappa shape index (κ2) is 7.22. The molecule has 0 aliphatic carbocycles. The summed E-state index contributed by atoms with van der Waals surface area (Å²) >= 11 is 0. The zero-order valence-corrected chi connectivity index (χ0v) is 14.3. The van der Waals surface area contributed by atoms with Crippen LogP contribution in [0.2, 0.25) is 0 Å². The highest BCUT2D eigenvalue weighted by Gasteiger charge is 2.11. The normalized spacial score (nSPS) is 10.7. The molecular formula is C18H17N3O5. The lowest BCUT2D eigenvalue weighted by molar-refractivity contribution is -0.143. The average molecular weight is 355 g/mol. The maximum Gasteiger partial charge on any atom is 0.325 e. The number of hydrogen-bond donors (Lipinski definition) is 1. The third-order valence-corrected chi connectivity index (χ3v) is 3.58. The summed E-state index contributed by atoms with van der Waals surface area (Å²) in [6.45, 7) is 3.12. The van der Waals surface area contributed by atoms with E-state index in [1.165, 1.54) is 6.07 Å². The van der Waals surface area contributed by atoms with Gasteiger partial charge in [-0.05, 0) is 26.0 Å². The van der Waals surface area contributed by atoms with Crippen molar-refractivity contribution in [1.82, 2.24) is 14.9 Å². The molecule has 2 heterocycles. The van der Waals surface area contributed by atoms with Gasteiger partial charge in [0.1, 0.15) is 18.9 Å². The molecule has 0 bridgehead atoms. The molecule has 1 N–H and O–H groups in total. The van der Waals surface area contributed by atoms with Gasteiger partial charge >= 0.3 is 5.97 Å². The Labute approximate surface area is 148 Å². The number of esters is 1. The van der Waals surface area contributed by atoms with Crippen LogP contribution in [0.4, 0.5) is 0 Å². The van der Waals surface area contributed by atoms with E-state index in [1.807, 2.05) is 13.0 Å². The summed E-state index contributed by atoms with van der Waals surface area (Å²) in [5.41, 5.74) is 1.65. The highest BCUT2D eigenvalue weighted by molar-refractivity contribution is 5.96. The summed E-state index contributed by atoms with van der Waals surface area (Å²) in [7, 11) is 0. The van der Waals surface area contributed by atoms with Crippen molar-refractivity contribution in [2.24, 2.45) is 0 Å². The number of nitrogens with one attached hydrogen (secondary N) is 1. The fourth-order valence-corrected chi connectivity index (χ4v) is 2.39. The van der Waals surface area contributed by atoms with Crippen molar-refractivity contribution in [3.63, 3.8) is 0 Å². The quantitative estimate of drug-likeness (QED) is 0.694. The number of aryl methyl sites for hydroxylation is 2. The van der Waals surface area contributed by atoms with Crippen molar-refractivity contribution in [2.45, 2.75) is 20.5 Å². The second-order valence-electron chi connectivity index (χ2n) is 5.80. The van der Waals surface area contributed by atoms with Gasteiger partial charge in [-0.15, -0.1) is 4.57 Å². The van der Waals surface area contributed by atoms with E-state index >= 15 is 0 Å². The summed E-state index contributed by atoms with van der Waals surface area (Å²) in [6, 6.07) is 9.86. The number of carbonyl (C=O) groups is 2. The van der Waals surface area contributed by atoms with Gasteiger partial charge < -0.3 is 14.6 Å². The number of ether oxygens (including phenoxy) is 1. The minimum atomic E-state index is -0.628. The van der Waals surface area contributed by atoms with Crippen molar-refractivity contribution >= 4 is 17.5 Å². The van der Waals surface area contributed by atoms with Crippen LogP contribution in [0.1, 0.15) is 27.4 Å². The monoisotopic (exact) mass is 355 g/mol. The number of hydrogen-bond acceptors (Lipinski definition) is 6. The number of rotatable bonds is 5. The first-order valence-corrected chi connectivity index (χ1v) is 7.92. The number of amides is 1. The van der Waals surface area contributed by atoms with Gasteiger partial charge in [-0.3, -0.25) is 14.4 Å². The van der Waals surface area contributed by atoms with Gasteiger partial charge in [0.15, 0.2) is 5.65 Å². The fraction of sp³-hybridized carbons (Fsp3) is 0.222. The molecule has 0 spiro atoms. The van der Waals surface area contributed by atoms with Gasteiger partial charge in [0, 0.05) is 17.7 Å². The summed E-state index contributed by atoms with van der Waals surface area (Å²) in [4.78, 5) is 39.9. The van der Waals surface area contributed by atoms with E-state index in [0.717, 1.165) is 10.1 Å². The molecule has 8 nitrogen and oxygen atoms in total. The molecule has 1 aromatic carbocycles. The number of nitrogens with zero attached hydrogens (tertiary/aromatic N) is 2. The minimum absolute atomic E-state index is 0.172. The smallest absolute Gasteiger partial charge is 0.325 e. The van der Waals surface area contributed by atoms with Gasteiger partial charge in [0.05, 0.1) is 5.69 Å². The lowest BCUT2D eigenvalue weighted by Crippen LogP contribution is -2.30. The minimum Gasteiger partial charge on any atom is -0.458 e. The Morgan fingerprint density at radius 3 is 2.81 bits per heavy atom. The van der Waals surface area contributed by atoms with Gasteiger partial charge in [0.2, 0.25) is 0 Å². The molecule has 0 unspecified atom stereocenters. The zero-order chi connectivity index (χ0) is 18.7. The maximum atomic E-state index is 12.0. The van der Waals surface area contributed by atoms with Crippen LogP contribution in [0, 0.1) is 13.8 Å². The van der Waals surface area contributed by atoms with Crippen LogP contribution in [-0.2, 0) is 16.1 Å². The molecular weight excluding hydrogens is 338 g/mol. The number of benzene rings is 1. The number of aromatic nitrogens is 2. The van der Waals surface area contributed by atoms with Gasteiger partial charge in [-0.25, -0.2) is 4.98 Å². The van der Waals surface area contributed by atoms with Crippen LogP contribution in [0.3, 0.4) is 0 Å². The molecule has 1 amide bonds. The standard InChI is InChI=1S/C18H17N3O5/c1-11-4-3-5-13(6-11)18(24)19-9-17(23)25-10-14-8-16(22)21-15(20-14)7-12(2)26-21/h3-8H,9-10H2,1-2H3,(H,19,24). The molecule has 8 heteroatoms. The van der Waals surface area contributed by atoms with E-state index < -0.39 is 11.5 Å². The Morgan fingerprint density at radius 1 is 1.23 bits per heavy atom. The highest BCUT2D eigenvalue weighted by atomic mass is 16.5. The Kier molecular flexibility index (Phi) is 4.83. The van der Waals surface area contributed by atoms with Crippen molar-refractivity contribution in [1.29, 1.82) is 0 Å². The molecule has 0 radical (unpaired) electrons. The number of fused-ring (bicyclic) bond motifs is 1. The van der Waals surface area contributed by atoms with Crippen LogP contribution in [-0.4, -0.2) is 28.0 Å². The molecule has 26 heavy (non-hydrogen) atoms. The maximum absolute atomic E-state index is 12.0. The molecule has 3 rings (SSSR count). The fourth-order valence-electron chi connectivity index (χ4n) is 2.39. The predicted molar refractivity (Wildman–Crippen MR) is 91.8 cm³/mol. The first-order chi connectivity index (χ1) is 12.4. The van der Waals surface area contributed by atoms with Gasteiger partial charge in [0.25, 0.3) is 11.5 Å². The summed E-state index contributed by atoms with van der Waals surface area (Å²) in [6.07, 6.45) is 0. The Hall–Kier alpha value is -3.42. The Morgan fingerprint density at radius 2 is 2.04 bits per heavy atom. The summed E-state index contributed by atoms with van der Waals surface area (Å²) in [5, 5.41) is 2.49. The SMILES string of the molecule is Cc1cccc(C(=O)NCC(=O)OCc2cc(=O)n3oc(C)cc3n2)c1. The molecule has 2 aromatic heterocycles. The molecule has 0 aliphatic rings. The van der Waals surface area contributed by atoms with Crippen LogP contribution in [0.15, 0.2) is 45.7 Å². The Bertz CT molecular complexity index is 1030. The summed E-state index contributed by atoms with van der Waals surface area (Å²) < 4.78 is 11.3. The van der Waals surface area contributed by atoms with Crippen molar-refractivity contribution in [2.75, 3.05) is 6.54 Å². The molecule has 134 valence electrons. The summed E-state index contributed by atoms with van der Waals surface area (Å²) in [5.74, 6) is -0.448. The van der Waals surface area contributed by atoms with Gasteiger partial charge in [-0.2, -0.15) is 0 Å². The second-order valence-corrected chi connectivity index (χ2v) is 5.80. The van der Waals surface area contributed by atoms with Crippen molar-refractivity contribution in [3.05, 3.63) is 69.3 Å². The first-order valence-electron chi connectivity index (χ1n) is 7.92. The lowest BCUT2D eigenvalue weighted by Gasteiger charge is -2.07. The average Bonchev–Trinajstić information content (AvgIpc) is 2.98. The molecule has 0 fully saturated rings. The van der Waals surface area contributed by atoms with E-state index in [0.29, 0.717) is 22.7 Å². The molecule has 0 atom stereocenters. The number of carbonyl (C=O) groups excluding carboxylic acids is 2. The zero-order valence-electron chi connectivity index (χ0n) is 14.3. The molecule has 0 saturated heterocycles. The largest absolute Gasteiger partial charge is 0.458 e. The lowest BCUT2D eigenvalue weighted by atomic mass is 10.1. The van der Waals surface area contributed by atoms with E-state index in [-0.39, 0.29) is 19.1 Å². The Balaban J connectivity index is 1.56. The molecule has 0 aliphatic heterocycles.